The maximum atomic E-state index is 12.6. The molecule has 2 aromatic carbocycles. The number of rotatable bonds is 6. The van der Waals surface area contributed by atoms with E-state index >= 15 is 0 Å². The molecule has 8 heteroatoms. The van der Waals surface area contributed by atoms with E-state index in [9.17, 15) is 4.79 Å². The Morgan fingerprint density at radius 1 is 0.972 bits per heavy atom. The third-order valence-corrected chi connectivity index (χ3v) is 7.58. The normalized spacial score (nSPS) is 17.9. The number of aromatic amines is 1. The number of H-pyrrole nitrogens is 1. The molecule has 0 saturated carbocycles. The van der Waals surface area contributed by atoms with E-state index in [1.165, 1.54) is 44.7 Å². The molecule has 0 amide bonds. The number of nitrogens with one attached hydrogen (secondary N) is 1. The minimum atomic E-state index is -0.440. The predicted molar refractivity (Wildman–Crippen MR) is 145 cm³/mol. The maximum Gasteiger partial charge on any atom is 0.359 e. The fraction of sp³-hybridized carbons (Fsp3) is 0.429. The number of piperidine rings is 1. The van der Waals surface area contributed by atoms with Crippen LogP contribution in [0.5, 0.6) is 0 Å². The van der Waals surface area contributed by atoms with Gasteiger partial charge in [0.05, 0.1) is 12.3 Å². The zero-order valence-corrected chi connectivity index (χ0v) is 21.8. The zero-order valence-electron chi connectivity index (χ0n) is 21.0. The van der Waals surface area contributed by atoms with Crippen LogP contribution in [0.1, 0.15) is 30.3 Å². The Kier molecular flexibility index (Phi) is 7.60. The number of hydrogen-bond donors (Lipinski definition) is 1. The second kappa shape index (κ2) is 11.0. The van der Waals surface area contributed by atoms with Crippen molar-refractivity contribution in [2.45, 2.75) is 25.8 Å². The molecule has 0 radical (unpaired) electrons. The first-order valence-corrected chi connectivity index (χ1v) is 13.2. The summed E-state index contributed by atoms with van der Waals surface area (Å²) in [5, 5.41) is 0.638. The Morgan fingerprint density at radius 2 is 1.61 bits per heavy atom. The Morgan fingerprint density at radius 3 is 2.25 bits per heavy atom. The highest BCUT2D eigenvalue weighted by molar-refractivity contribution is 6.30. The van der Waals surface area contributed by atoms with Crippen LogP contribution in [-0.4, -0.2) is 84.7 Å². The first-order valence-electron chi connectivity index (χ1n) is 12.8. The molecule has 2 aliphatic heterocycles. The molecule has 190 valence electrons. The summed E-state index contributed by atoms with van der Waals surface area (Å²) in [6.45, 7) is 8.95. The van der Waals surface area contributed by atoms with Gasteiger partial charge in [0, 0.05) is 67.1 Å². The quantitative estimate of drug-likeness (QED) is 0.484. The van der Waals surface area contributed by atoms with Crippen molar-refractivity contribution in [2.75, 3.05) is 57.8 Å². The van der Waals surface area contributed by atoms with Gasteiger partial charge in [-0.05, 0) is 63.2 Å². The number of likely N-dealkylation sites (N-methyl/N-ethyl adjacent to an activating group) is 1. The van der Waals surface area contributed by atoms with E-state index in [1.54, 1.807) is 19.1 Å². The molecule has 2 saturated heterocycles. The number of nitrogens with zero attached hydrogens (tertiary/aromatic N) is 4. The Hall–Kier alpha value is -2.87. The number of halogens is 1. The van der Waals surface area contributed by atoms with Gasteiger partial charge in [0.25, 0.3) is 0 Å². The molecule has 2 aliphatic rings. The van der Waals surface area contributed by atoms with Gasteiger partial charge < -0.3 is 19.5 Å². The molecule has 0 aliphatic carbocycles. The van der Waals surface area contributed by atoms with Gasteiger partial charge in [-0.1, -0.05) is 23.7 Å². The fourth-order valence-electron chi connectivity index (χ4n) is 5.19. The summed E-state index contributed by atoms with van der Waals surface area (Å²) in [6, 6.07) is 16.5. The monoisotopic (exact) mass is 507 g/mol. The Balaban J connectivity index is 1.30. The first kappa shape index (κ1) is 24.8. The minimum Gasteiger partial charge on any atom is -0.461 e. The highest BCUT2D eigenvalue weighted by Crippen LogP contribution is 2.30. The molecule has 0 unspecified atom stereocenters. The predicted octanol–water partition coefficient (Wildman–Crippen LogP) is 4.79. The van der Waals surface area contributed by atoms with Crippen LogP contribution in [0.4, 0.5) is 5.69 Å². The summed E-state index contributed by atoms with van der Waals surface area (Å²) >= 11 is 6.06. The zero-order chi connectivity index (χ0) is 25.1. The Bertz CT molecular complexity index is 1160. The second-order valence-electron chi connectivity index (χ2n) is 9.64. The molecule has 2 fully saturated rings. The molecule has 0 atom stereocenters. The number of carbonyl (C=O) groups excluding carboxylic acids is 1. The van der Waals surface area contributed by atoms with Crippen LogP contribution in [0, 0.1) is 0 Å². The van der Waals surface area contributed by atoms with Crippen LogP contribution >= 0.6 is 11.6 Å². The lowest BCUT2D eigenvalue weighted by molar-refractivity contribution is 0.0521. The van der Waals surface area contributed by atoms with Crippen LogP contribution in [0.15, 0.2) is 48.5 Å². The molecule has 0 spiro atoms. The van der Waals surface area contributed by atoms with Crippen LogP contribution in [0.3, 0.4) is 0 Å². The number of hydrogen-bond acceptors (Lipinski definition) is 6. The van der Waals surface area contributed by atoms with E-state index in [4.69, 9.17) is 16.3 Å². The molecule has 7 nitrogen and oxygen atoms in total. The van der Waals surface area contributed by atoms with Crippen molar-refractivity contribution in [1.29, 1.82) is 0 Å². The SMILES string of the molecule is CCOC(=O)c1nc(-c2ccc(N3CCC(N4CCN(C)CC4)CC3)cc2)[nH]c1-c1ccc(Cl)cc1. The third kappa shape index (κ3) is 5.43. The van der Waals surface area contributed by atoms with Crippen LogP contribution in [0.2, 0.25) is 5.02 Å². The van der Waals surface area contributed by atoms with Crippen molar-refractivity contribution in [3.05, 3.63) is 59.2 Å². The first-order chi connectivity index (χ1) is 17.5. The second-order valence-corrected chi connectivity index (χ2v) is 10.1. The number of esters is 1. The van der Waals surface area contributed by atoms with E-state index in [0.717, 1.165) is 24.2 Å². The van der Waals surface area contributed by atoms with E-state index in [0.29, 0.717) is 29.2 Å². The van der Waals surface area contributed by atoms with Crippen molar-refractivity contribution < 1.29 is 9.53 Å². The molecular weight excluding hydrogens is 474 g/mol. The van der Waals surface area contributed by atoms with Gasteiger partial charge in [0.15, 0.2) is 5.69 Å². The summed E-state index contributed by atoms with van der Waals surface area (Å²) in [5.74, 6) is 0.202. The summed E-state index contributed by atoms with van der Waals surface area (Å²) < 4.78 is 5.26. The van der Waals surface area contributed by atoms with Crippen molar-refractivity contribution >= 4 is 23.3 Å². The van der Waals surface area contributed by atoms with Gasteiger partial charge in [0.2, 0.25) is 0 Å². The van der Waals surface area contributed by atoms with E-state index in [1.807, 2.05) is 12.1 Å². The van der Waals surface area contributed by atoms with Gasteiger partial charge in [-0.15, -0.1) is 0 Å². The molecule has 3 heterocycles. The van der Waals surface area contributed by atoms with Crippen LogP contribution in [0.25, 0.3) is 22.6 Å². The lowest BCUT2D eigenvalue weighted by Gasteiger charge is -2.42. The smallest absolute Gasteiger partial charge is 0.359 e. The summed E-state index contributed by atoms with van der Waals surface area (Å²) in [5.41, 5.74) is 3.91. The fourth-order valence-corrected chi connectivity index (χ4v) is 5.31. The molecule has 0 bridgehead atoms. The van der Waals surface area contributed by atoms with Gasteiger partial charge in [0.1, 0.15) is 5.82 Å². The standard InChI is InChI=1S/C28H34ClN5O2/c1-3-36-28(35)26-25(20-4-8-22(29)9-5-20)30-27(31-26)21-6-10-23(11-7-21)33-14-12-24(13-15-33)34-18-16-32(2)17-19-34/h4-11,24H,3,12-19H2,1-2H3,(H,30,31). The van der Waals surface area contributed by atoms with Gasteiger partial charge in [-0.25, -0.2) is 9.78 Å². The summed E-state index contributed by atoms with van der Waals surface area (Å²) in [7, 11) is 2.21. The largest absolute Gasteiger partial charge is 0.461 e. The van der Waals surface area contributed by atoms with Crippen molar-refractivity contribution in [1.82, 2.24) is 19.8 Å². The number of anilines is 1. The van der Waals surface area contributed by atoms with Crippen molar-refractivity contribution in [2.24, 2.45) is 0 Å². The van der Waals surface area contributed by atoms with Gasteiger partial charge in [-0.3, -0.25) is 4.90 Å². The topological polar surface area (TPSA) is 64.7 Å². The highest BCUT2D eigenvalue weighted by atomic mass is 35.5. The molecule has 1 N–H and O–H groups in total. The Labute approximate surface area is 218 Å². The average Bonchev–Trinajstić information content (AvgIpc) is 3.36. The van der Waals surface area contributed by atoms with E-state index in [-0.39, 0.29) is 5.69 Å². The van der Waals surface area contributed by atoms with E-state index in [2.05, 4.69) is 56.0 Å². The van der Waals surface area contributed by atoms with Gasteiger partial charge >= 0.3 is 5.97 Å². The summed E-state index contributed by atoms with van der Waals surface area (Å²) in [6.07, 6.45) is 2.41. The van der Waals surface area contributed by atoms with Crippen molar-refractivity contribution in [3.8, 4) is 22.6 Å². The van der Waals surface area contributed by atoms with Crippen LogP contribution < -0.4 is 4.90 Å². The number of carbonyl (C=O) groups is 1. The number of ether oxygens (including phenoxy) is 1. The number of benzene rings is 2. The maximum absolute atomic E-state index is 12.6. The molecular formula is C28H34ClN5O2. The van der Waals surface area contributed by atoms with E-state index < -0.39 is 5.97 Å². The number of piperazine rings is 1. The summed E-state index contributed by atoms with van der Waals surface area (Å²) in [4.78, 5) is 28.2. The van der Waals surface area contributed by atoms with Crippen molar-refractivity contribution in [3.63, 3.8) is 0 Å². The highest BCUT2D eigenvalue weighted by Gasteiger charge is 2.27. The molecule has 3 aromatic rings. The van der Waals surface area contributed by atoms with Gasteiger partial charge in [-0.2, -0.15) is 0 Å². The lowest BCUT2D eigenvalue weighted by Crippen LogP contribution is -2.52. The third-order valence-electron chi connectivity index (χ3n) is 7.33. The van der Waals surface area contributed by atoms with Crippen LogP contribution in [-0.2, 0) is 4.74 Å². The average molecular weight is 508 g/mol. The molecule has 1 aromatic heterocycles. The lowest BCUT2D eigenvalue weighted by atomic mass is 10.0. The molecule has 5 rings (SSSR count). The number of imidazole rings is 1. The molecule has 36 heavy (non-hydrogen) atoms. The minimum absolute atomic E-state index is 0.282. The number of aromatic nitrogens is 2.